The molecule has 2 unspecified atom stereocenters. The first kappa shape index (κ1) is 14.5. The van der Waals surface area contributed by atoms with Crippen LogP contribution in [0.3, 0.4) is 0 Å². The molecule has 0 spiro atoms. The number of amides is 1. The Kier molecular flexibility index (Phi) is 4.39. The van der Waals surface area contributed by atoms with Crippen molar-refractivity contribution in [1.29, 1.82) is 0 Å². The van der Waals surface area contributed by atoms with E-state index < -0.39 is 5.97 Å². The highest BCUT2D eigenvalue weighted by Crippen LogP contribution is 2.13. The average Bonchev–Trinajstić information content (AvgIpc) is 2.38. The van der Waals surface area contributed by atoms with Gasteiger partial charge in [0.2, 0.25) is 5.91 Å². The Bertz CT molecular complexity index is 487. The van der Waals surface area contributed by atoms with Crippen molar-refractivity contribution in [2.75, 3.05) is 13.1 Å². The molecule has 1 aromatic rings. The summed E-state index contributed by atoms with van der Waals surface area (Å²) in [6.07, 6.45) is 0.397. The maximum atomic E-state index is 12.2. The Balaban J connectivity index is 1.98. The van der Waals surface area contributed by atoms with Gasteiger partial charge in [0.1, 0.15) is 0 Å². The molecular weight excluding hydrogens is 258 g/mol. The first-order valence-corrected chi connectivity index (χ1v) is 6.71. The smallest absolute Gasteiger partial charge is 0.335 e. The lowest BCUT2D eigenvalue weighted by Crippen LogP contribution is -2.48. The van der Waals surface area contributed by atoms with Crippen molar-refractivity contribution in [2.45, 2.75) is 32.5 Å². The maximum absolute atomic E-state index is 12.2. The molecule has 1 N–H and O–H groups in total. The van der Waals surface area contributed by atoms with Crippen molar-refractivity contribution in [1.82, 2.24) is 4.90 Å². The van der Waals surface area contributed by atoms with Crippen LogP contribution in [-0.2, 0) is 16.0 Å². The van der Waals surface area contributed by atoms with Gasteiger partial charge in [0.05, 0.1) is 24.2 Å². The normalized spacial score (nSPS) is 22.6. The summed E-state index contributed by atoms with van der Waals surface area (Å²) in [6.45, 7) is 5.13. The fourth-order valence-corrected chi connectivity index (χ4v) is 2.43. The Morgan fingerprint density at radius 3 is 2.25 bits per heavy atom. The van der Waals surface area contributed by atoms with Gasteiger partial charge in [-0.15, -0.1) is 0 Å². The summed E-state index contributed by atoms with van der Waals surface area (Å²) in [5.41, 5.74) is 1.06. The molecule has 2 rings (SSSR count). The van der Waals surface area contributed by atoms with Crippen LogP contribution < -0.4 is 0 Å². The van der Waals surface area contributed by atoms with Crippen LogP contribution in [0, 0.1) is 0 Å². The third-order valence-corrected chi connectivity index (χ3v) is 3.33. The molecule has 108 valence electrons. The molecule has 1 amide bonds. The molecule has 0 bridgehead atoms. The minimum absolute atomic E-state index is 0.0510. The van der Waals surface area contributed by atoms with Gasteiger partial charge in [0, 0.05) is 13.1 Å². The van der Waals surface area contributed by atoms with Crippen LogP contribution >= 0.6 is 0 Å². The summed E-state index contributed by atoms with van der Waals surface area (Å²) in [5, 5.41) is 8.83. The van der Waals surface area contributed by atoms with Gasteiger partial charge in [-0.05, 0) is 31.5 Å². The van der Waals surface area contributed by atoms with E-state index in [4.69, 9.17) is 9.84 Å². The van der Waals surface area contributed by atoms with Crippen molar-refractivity contribution >= 4 is 11.9 Å². The fourth-order valence-electron chi connectivity index (χ4n) is 2.43. The summed E-state index contributed by atoms with van der Waals surface area (Å²) < 4.78 is 5.60. The molecule has 1 heterocycles. The van der Waals surface area contributed by atoms with Gasteiger partial charge in [-0.2, -0.15) is 0 Å². The average molecular weight is 277 g/mol. The van der Waals surface area contributed by atoms with E-state index in [0.29, 0.717) is 19.5 Å². The van der Waals surface area contributed by atoms with Crippen molar-refractivity contribution in [3.05, 3.63) is 35.4 Å². The van der Waals surface area contributed by atoms with Gasteiger partial charge in [-0.1, -0.05) is 12.1 Å². The topological polar surface area (TPSA) is 66.8 Å². The molecule has 1 aliphatic heterocycles. The predicted octanol–water partition coefficient (Wildman–Crippen LogP) is 1.56. The van der Waals surface area contributed by atoms with Crippen molar-refractivity contribution in [3.63, 3.8) is 0 Å². The van der Waals surface area contributed by atoms with Crippen LogP contribution in [0.4, 0.5) is 0 Å². The van der Waals surface area contributed by atoms with Gasteiger partial charge in [0.15, 0.2) is 0 Å². The van der Waals surface area contributed by atoms with Gasteiger partial charge in [0.25, 0.3) is 0 Å². The molecule has 20 heavy (non-hydrogen) atoms. The Morgan fingerprint density at radius 2 is 1.75 bits per heavy atom. The number of carboxylic acid groups (broad SMARTS) is 1. The molecule has 0 aliphatic carbocycles. The summed E-state index contributed by atoms with van der Waals surface area (Å²) in [4.78, 5) is 24.8. The predicted molar refractivity (Wildman–Crippen MR) is 73.7 cm³/mol. The molecule has 0 aromatic heterocycles. The Labute approximate surface area is 118 Å². The van der Waals surface area contributed by atoms with Crippen LogP contribution in [0.5, 0.6) is 0 Å². The van der Waals surface area contributed by atoms with E-state index >= 15 is 0 Å². The van der Waals surface area contributed by atoms with E-state index in [-0.39, 0.29) is 23.7 Å². The zero-order valence-electron chi connectivity index (χ0n) is 11.7. The molecule has 0 radical (unpaired) electrons. The number of aromatic carboxylic acids is 1. The Hall–Kier alpha value is -1.88. The van der Waals surface area contributed by atoms with Gasteiger partial charge < -0.3 is 14.7 Å². The number of carbonyl (C=O) groups is 2. The lowest BCUT2D eigenvalue weighted by molar-refractivity contribution is -0.142. The fraction of sp³-hybridized carbons (Fsp3) is 0.467. The number of rotatable bonds is 3. The van der Waals surface area contributed by atoms with Crippen LogP contribution in [0.2, 0.25) is 0 Å². The first-order valence-electron chi connectivity index (χ1n) is 6.71. The molecular formula is C15H19NO4. The summed E-state index contributed by atoms with van der Waals surface area (Å²) >= 11 is 0. The van der Waals surface area contributed by atoms with E-state index in [1.807, 2.05) is 18.7 Å². The van der Waals surface area contributed by atoms with E-state index in [0.717, 1.165) is 5.56 Å². The van der Waals surface area contributed by atoms with Crippen LogP contribution in [-0.4, -0.2) is 47.2 Å². The molecule has 1 fully saturated rings. The second-order valence-electron chi connectivity index (χ2n) is 5.23. The minimum atomic E-state index is -0.960. The van der Waals surface area contributed by atoms with Crippen molar-refractivity contribution < 1.29 is 19.4 Å². The molecule has 1 aromatic carbocycles. The van der Waals surface area contributed by atoms with E-state index in [1.165, 1.54) is 12.1 Å². The SMILES string of the molecule is CC1CN(C(=O)Cc2ccc(C(=O)O)cc2)CC(C)O1. The largest absolute Gasteiger partial charge is 0.478 e. The minimum Gasteiger partial charge on any atom is -0.478 e. The third-order valence-electron chi connectivity index (χ3n) is 3.33. The molecule has 1 aliphatic rings. The van der Waals surface area contributed by atoms with Gasteiger partial charge in [-0.3, -0.25) is 4.79 Å². The van der Waals surface area contributed by atoms with Crippen molar-refractivity contribution in [3.8, 4) is 0 Å². The maximum Gasteiger partial charge on any atom is 0.335 e. The standard InChI is InChI=1S/C15H19NO4/c1-10-8-16(9-11(2)20-10)14(17)7-12-3-5-13(6-4-12)15(18)19/h3-6,10-11H,7-9H2,1-2H3,(H,18,19). The zero-order chi connectivity index (χ0) is 14.7. The monoisotopic (exact) mass is 277 g/mol. The number of benzene rings is 1. The van der Waals surface area contributed by atoms with Crippen LogP contribution in [0.25, 0.3) is 0 Å². The molecule has 1 saturated heterocycles. The number of hydrogen-bond acceptors (Lipinski definition) is 3. The summed E-state index contributed by atoms with van der Waals surface area (Å²) in [5.74, 6) is -0.909. The van der Waals surface area contributed by atoms with Gasteiger partial charge in [-0.25, -0.2) is 4.79 Å². The molecule has 0 saturated carbocycles. The quantitative estimate of drug-likeness (QED) is 0.910. The number of carboxylic acids is 1. The third kappa shape index (κ3) is 3.57. The number of hydrogen-bond donors (Lipinski definition) is 1. The van der Waals surface area contributed by atoms with Crippen molar-refractivity contribution in [2.24, 2.45) is 0 Å². The lowest BCUT2D eigenvalue weighted by atomic mass is 10.1. The zero-order valence-corrected chi connectivity index (χ0v) is 11.7. The van der Waals surface area contributed by atoms with E-state index in [2.05, 4.69) is 0 Å². The molecule has 2 atom stereocenters. The second-order valence-corrected chi connectivity index (χ2v) is 5.23. The number of ether oxygens (including phenoxy) is 1. The van der Waals surface area contributed by atoms with E-state index in [1.54, 1.807) is 12.1 Å². The van der Waals surface area contributed by atoms with Gasteiger partial charge >= 0.3 is 5.97 Å². The first-order chi connectivity index (χ1) is 9.45. The highest BCUT2D eigenvalue weighted by atomic mass is 16.5. The molecule has 5 nitrogen and oxygen atoms in total. The summed E-state index contributed by atoms with van der Waals surface area (Å²) in [6, 6.07) is 6.42. The number of carbonyl (C=O) groups excluding carboxylic acids is 1. The van der Waals surface area contributed by atoms with Crippen LogP contribution in [0.1, 0.15) is 29.8 Å². The van der Waals surface area contributed by atoms with Crippen LogP contribution in [0.15, 0.2) is 24.3 Å². The highest BCUT2D eigenvalue weighted by molar-refractivity contribution is 5.87. The molecule has 5 heteroatoms. The summed E-state index contributed by atoms with van der Waals surface area (Å²) in [7, 11) is 0. The number of morpholine rings is 1. The van der Waals surface area contributed by atoms with E-state index in [9.17, 15) is 9.59 Å². The number of nitrogens with zero attached hydrogens (tertiary/aromatic N) is 1. The second kappa shape index (κ2) is 6.05. The Morgan fingerprint density at radius 1 is 1.20 bits per heavy atom. The lowest BCUT2D eigenvalue weighted by Gasteiger charge is -2.35. The highest BCUT2D eigenvalue weighted by Gasteiger charge is 2.25.